The number of halogens is 3. The first-order chi connectivity index (χ1) is 12.8. The summed E-state index contributed by atoms with van der Waals surface area (Å²) in [6, 6.07) is 4.84. The highest BCUT2D eigenvalue weighted by molar-refractivity contribution is 5.91. The van der Waals surface area contributed by atoms with Crippen LogP contribution in [0, 0.1) is 5.92 Å². The molecule has 146 valence electrons. The second-order valence-electron chi connectivity index (χ2n) is 6.88. The molecule has 8 heteroatoms. The van der Waals surface area contributed by atoms with Gasteiger partial charge in [0.1, 0.15) is 6.61 Å². The molecule has 1 aliphatic rings. The second kappa shape index (κ2) is 8.12. The van der Waals surface area contributed by atoms with Crippen molar-refractivity contribution in [3.8, 4) is 5.69 Å². The van der Waals surface area contributed by atoms with Crippen LogP contribution in [0.3, 0.4) is 0 Å². The van der Waals surface area contributed by atoms with E-state index in [2.05, 4.69) is 17.3 Å². The SMILES string of the molecule is C[C@@H]1CCCC[C@@H]1OCC(=O)Nc1cnn(-c2cccc(C(F)(F)F)c2)c1. The maximum Gasteiger partial charge on any atom is 0.416 e. The summed E-state index contributed by atoms with van der Waals surface area (Å²) in [6.45, 7) is 2.07. The number of amides is 1. The first-order valence-corrected chi connectivity index (χ1v) is 8.96. The van der Waals surface area contributed by atoms with Gasteiger partial charge in [-0.25, -0.2) is 4.68 Å². The van der Waals surface area contributed by atoms with Gasteiger partial charge in [-0.05, 0) is 37.0 Å². The maximum absolute atomic E-state index is 12.8. The van der Waals surface area contributed by atoms with Crippen LogP contribution in [-0.4, -0.2) is 28.4 Å². The topological polar surface area (TPSA) is 56.1 Å². The van der Waals surface area contributed by atoms with Crippen molar-refractivity contribution in [3.63, 3.8) is 0 Å². The molecule has 1 heterocycles. The Hall–Kier alpha value is -2.35. The highest BCUT2D eigenvalue weighted by Crippen LogP contribution is 2.30. The van der Waals surface area contributed by atoms with Crippen molar-refractivity contribution in [1.82, 2.24) is 9.78 Å². The molecule has 0 aliphatic heterocycles. The van der Waals surface area contributed by atoms with Gasteiger partial charge in [0.2, 0.25) is 5.91 Å². The van der Waals surface area contributed by atoms with Crippen LogP contribution < -0.4 is 5.32 Å². The Balaban J connectivity index is 1.58. The van der Waals surface area contributed by atoms with Crippen molar-refractivity contribution in [2.75, 3.05) is 11.9 Å². The third-order valence-corrected chi connectivity index (χ3v) is 4.77. The number of nitrogens with zero attached hydrogens (tertiary/aromatic N) is 2. The number of rotatable bonds is 5. The summed E-state index contributed by atoms with van der Waals surface area (Å²) in [6.07, 6.45) is 2.91. The molecule has 27 heavy (non-hydrogen) atoms. The summed E-state index contributed by atoms with van der Waals surface area (Å²) in [7, 11) is 0. The van der Waals surface area contributed by atoms with E-state index in [1.54, 1.807) is 0 Å². The van der Waals surface area contributed by atoms with Gasteiger partial charge in [-0.15, -0.1) is 0 Å². The Morgan fingerprint density at radius 3 is 2.85 bits per heavy atom. The predicted octanol–water partition coefficient (Wildman–Crippen LogP) is 4.42. The largest absolute Gasteiger partial charge is 0.416 e. The van der Waals surface area contributed by atoms with Gasteiger partial charge in [-0.1, -0.05) is 25.8 Å². The van der Waals surface area contributed by atoms with E-state index in [1.807, 2.05) is 0 Å². The average molecular weight is 381 g/mol. The average Bonchev–Trinajstić information content (AvgIpc) is 3.09. The monoisotopic (exact) mass is 381 g/mol. The molecular weight excluding hydrogens is 359 g/mol. The Kier molecular flexibility index (Phi) is 5.84. The molecule has 0 saturated heterocycles. The Labute approximate surface area is 155 Å². The molecule has 0 bridgehead atoms. The van der Waals surface area contributed by atoms with E-state index in [-0.39, 0.29) is 24.3 Å². The summed E-state index contributed by atoms with van der Waals surface area (Å²) >= 11 is 0. The number of nitrogens with one attached hydrogen (secondary N) is 1. The van der Waals surface area contributed by atoms with E-state index in [4.69, 9.17) is 4.74 Å². The summed E-state index contributed by atoms with van der Waals surface area (Å²) < 4.78 is 45.5. The normalized spacial score (nSPS) is 20.4. The van der Waals surface area contributed by atoms with E-state index < -0.39 is 11.7 Å². The highest BCUT2D eigenvalue weighted by Gasteiger charge is 2.30. The van der Waals surface area contributed by atoms with Crippen molar-refractivity contribution in [3.05, 3.63) is 42.2 Å². The quantitative estimate of drug-likeness (QED) is 0.834. The minimum absolute atomic E-state index is 0.0518. The lowest BCUT2D eigenvalue weighted by atomic mass is 9.88. The van der Waals surface area contributed by atoms with Crippen molar-refractivity contribution in [1.29, 1.82) is 0 Å². The van der Waals surface area contributed by atoms with Gasteiger partial charge in [0.05, 0.1) is 35.4 Å². The summed E-state index contributed by atoms with van der Waals surface area (Å²) in [4.78, 5) is 12.1. The molecule has 0 unspecified atom stereocenters. The molecule has 2 aromatic rings. The van der Waals surface area contributed by atoms with Crippen LogP contribution in [0.4, 0.5) is 18.9 Å². The van der Waals surface area contributed by atoms with Gasteiger partial charge in [0.15, 0.2) is 0 Å². The fraction of sp³-hybridized carbons (Fsp3) is 0.474. The number of benzene rings is 1. The van der Waals surface area contributed by atoms with E-state index in [9.17, 15) is 18.0 Å². The maximum atomic E-state index is 12.8. The summed E-state index contributed by atoms with van der Waals surface area (Å²) in [5.74, 6) is 0.131. The van der Waals surface area contributed by atoms with Crippen molar-refractivity contribution >= 4 is 11.6 Å². The fourth-order valence-electron chi connectivity index (χ4n) is 3.26. The Morgan fingerprint density at radius 2 is 2.11 bits per heavy atom. The van der Waals surface area contributed by atoms with Crippen LogP contribution in [-0.2, 0) is 15.7 Å². The molecule has 0 spiro atoms. The van der Waals surface area contributed by atoms with Crippen molar-refractivity contribution in [2.45, 2.75) is 44.9 Å². The standard InChI is InChI=1S/C19H22F3N3O2/c1-13-5-2-3-8-17(13)27-12-18(26)24-15-10-23-25(11-15)16-7-4-6-14(9-16)19(20,21)22/h4,6-7,9-11,13,17H,2-3,5,8,12H2,1H3,(H,24,26)/t13-,17+/m1/s1. The van der Waals surface area contributed by atoms with Gasteiger partial charge < -0.3 is 10.1 Å². The number of alkyl halides is 3. The summed E-state index contributed by atoms with van der Waals surface area (Å²) in [5.41, 5.74) is -0.0913. The molecule has 1 aromatic heterocycles. The molecule has 1 fully saturated rings. The van der Waals surface area contributed by atoms with E-state index in [1.165, 1.54) is 35.6 Å². The van der Waals surface area contributed by atoms with E-state index in [0.29, 0.717) is 11.6 Å². The molecule has 1 aromatic carbocycles. The number of carbonyl (C=O) groups excluding carboxylic acids is 1. The number of aromatic nitrogens is 2. The minimum atomic E-state index is -4.42. The van der Waals surface area contributed by atoms with Gasteiger partial charge in [-0.2, -0.15) is 18.3 Å². The molecule has 1 N–H and O–H groups in total. The third kappa shape index (κ3) is 5.09. The highest BCUT2D eigenvalue weighted by atomic mass is 19.4. The van der Waals surface area contributed by atoms with Crippen LogP contribution >= 0.6 is 0 Å². The smallest absolute Gasteiger partial charge is 0.368 e. The molecule has 1 saturated carbocycles. The fourth-order valence-corrected chi connectivity index (χ4v) is 3.26. The lowest BCUT2D eigenvalue weighted by Crippen LogP contribution is -2.29. The zero-order valence-corrected chi connectivity index (χ0v) is 15.0. The number of hydrogen-bond acceptors (Lipinski definition) is 3. The first-order valence-electron chi connectivity index (χ1n) is 8.96. The first kappa shape index (κ1) is 19.4. The number of carbonyl (C=O) groups is 1. The van der Waals surface area contributed by atoms with E-state index in [0.717, 1.165) is 31.4 Å². The molecule has 0 radical (unpaired) electrons. The zero-order valence-electron chi connectivity index (χ0n) is 15.0. The number of hydrogen-bond donors (Lipinski definition) is 1. The number of anilines is 1. The van der Waals surface area contributed by atoms with E-state index >= 15 is 0 Å². The minimum Gasteiger partial charge on any atom is -0.368 e. The van der Waals surface area contributed by atoms with Gasteiger partial charge in [0.25, 0.3) is 0 Å². The lowest BCUT2D eigenvalue weighted by Gasteiger charge is -2.28. The van der Waals surface area contributed by atoms with Crippen LogP contribution in [0.2, 0.25) is 0 Å². The lowest BCUT2D eigenvalue weighted by molar-refractivity contribution is -0.137. The van der Waals surface area contributed by atoms with Crippen LogP contribution in [0.25, 0.3) is 5.69 Å². The molecule has 1 aliphatic carbocycles. The van der Waals surface area contributed by atoms with Gasteiger partial charge >= 0.3 is 6.18 Å². The van der Waals surface area contributed by atoms with Crippen molar-refractivity contribution in [2.24, 2.45) is 5.92 Å². The number of ether oxygens (including phenoxy) is 1. The van der Waals surface area contributed by atoms with Crippen molar-refractivity contribution < 1.29 is 22.7 Å². The van der Waals surface area contributed by atoms with Crippen LogP contribution in [0.15, 0.2) is 36.7 Å². The van der Waals surface area contributed by atoms with Crippen LogP contribution in [0.5, 0.6) is 0 Å². The zero-order chi connectivity index (χ0) is 19.4. The Bertz CT molecular complexity index is 789. The molecule has 1 amide bonds. The van der Waals surface area contributed by atoms with Gasteiger partial charge in [0, 0.05) is 0 Å². The second-order valence-corrected chi connectivity index (χ2v) is 6.88. The molecular formula is C19H22F3N3O2. The van der Waals surface area contributed by atoms with Gasteiger partial charge in [-0.3, -0.25) is 4.79 Å². The predicted molar refractivity (Wildman–Crippen MR) is 94.6 cm³/mol. The molecule has 5 nitrogen and oxygen atoms in total. The Morgan fingerprint density at radius 1 is 1.33 bits per heavy atom. The summed E-state index contributed by atoms with van der Waals surface area (Å²) in [5, 5.41) is 6.68. The molecule has 3 rings (SSSR count). The van der Waals surface area contributed by atoms with Crippen LogP contribution in [0.1, 0.15) is 38.2 Å². The third-order valence-electron chi connectivity index (χ3n) is 4.77. The molecule has 2 atom stereocenters.